The molecule has 2 aromatic carbocycles. The number of nitrogens with zero attached hydrogens (tertiary/aromatic N) is 1. The van der Waals surface area contributed by atoms with E-state index in [1.54, 1.807) is 48.5 Å². The summed E-state index contributed by atoms with van der Waals surface area (Å²) in [6, 6.07) is 17.3. The summed E-state index contributed by atoms with van der Waals surface area (Å²) in [6.45, 7) is 0. The molecule has 0 aliphatic carbocycles. The van der Waals surface area contributed by atoms with Crippen molar-refractivity contribution < 1.29 is 19.2 Å². The summed E-state index contributed by atoms with van der Waals surface area (Å²) in [6.07, 6.45) is 4.00. The second-order valence-corrected chi connectivity index (χ2v) is 6.28. The van der Waals surface area contributed by atoms with Gasteiger partial charge in [-0.3, -0.25) is 14.8 Å². The van der Waals surface area contributed by atoms with Crippen LogP contribution < -0.4 is 10.9 Å². The second kappa shape index (κ2) is 9.50. The molecule has 0 spiro atoms. The zero-order chi connectivity index (χ0) is 20.6. The second-order valence-electron chi connectivity index (χ2n) is 5.85. The molecule has 1 aromatic heterocycles. The molecule has 0 aliphatic rings. The Kier molecular flexibility index (Phi) is 6.57. The molecule has 3 rings (SSSR count). The molecular formula is C21H16ClN3O4. The van der Waals surface area contributed by atoms with Gasteiger partial charge in [-0.15, -0.1) is 0 Å². The first-order chi connectivity index (χ1) is 14.0. The highest BCUT2D eigenvalue weighted by Crippen LogP contribution is 2.24. The fourth-order valence-corrected chi connectivity index (χ4v) is 2.62. The van der Waals surface area contributed by atoms with Gasteiger partial charge in [0.15, 0.2) is 0 Å². The zero-order valence-corrected chi connectivity index (χ0v) is 15.8. The molecule has 3 N–H and O–H groups in total. The maximum Gasteiger partial charge on any atom is 0.271 e. The topological polar surface area (TPSA) is 104 Å². The van der Waals surface area contributed by atoms with Gasteiger partial charge in [-0.2, -0.15) is 5.10 Å². The Morgan fingerprint density at radius 2 is 1.90 bits per heavy atom. The van der Waals surface area contributed by atoms with Gasteiger partial charge in [0.25, 0.3) is 11.8 Å². The van der Waals surface area contributed by atoms with Crippen molar-refractivity contribution in [3.05, 3.63) is 88.6 Å². The van der Waals surface area contributed by atoms with Gasteiger partial charge >= 0.3 is 0 Å². The van der Waals surface area contributed by atoms with Gasteiger partial charge in [0.2, 0.25) is 0 Å². The van der Waals surface area contributed by atoms with Crippen LogP contribution in [0.4, 0.5) is 0 Å². The predicted molar refractivity (Wildman–Crippen MR) is 110 cm³/mol. The SMILES string of the molecule is O=C(C=Cc1cccc(C(=O)NN=Cc2ccc(-c3cccc(Cl)c3)o2)c1)NO. The Morgan fingerprint density at radius 1 is 1.07 bits per heavy atom. The van der Waals surface area contributed by atoms with Crippen molar-refractivity contribution in [2.24, 2.45) is 5.10 Å². The van der Waals surface area contributed by atoms with E-state index in [4.69, 9.17) is 21.2 Å². The van der Waals surface area contributed by atoms with E-state index in [2.05, 4.69) is 10.5 Å². The minimum absolute atomic E-state index is 0.354. The van der Waals surface area contributed by atoms with Crippen molar-refractivity contribution >= 4 is 35.7 Å². The number of nitrogens with one attached hydrogen (secondary N) is 2. The van der Waals surface area contributed by atoms with Crippen LogP contribution in [0.15, 0.2) is 76.3 Å². The number of rotatable bonds is 6. The van der Waals surface area contributed by atoms with Crippen molar-refractivity contribution in [2.75, 3.05) is 0 Å². The number of hydrogen-bond acceptors (Lipinski definition) is 5. The summed E-state index contributed by atoms with van der Waals surface area (Å²) in [5.41, 5.74) is 5.71. The first-order valence-electron chi connectivity index (χ1n) is 8.46. The highest BCUT2D eigenvalue weighted by Gasteiger charge is 2.06. The third-order valence-electron chi connectivity index (χ3n) is 3.78. The highest BCUT2D eigenvalue weighted by atomic mass is 35.5. The van der Waals surface area contributed by atoms with Crippen LogP contribution >= 0.6 is 11.6 Å². The predicted octanol–water partition coefficient (Wildman–Crippen LogP) is 3.88. The summed E-state index contributed by atoms with van der Waals surface area (Å²) in [5, 5.41) is 13.0. The summed E-state index contributed by atoms with van der Waals surface area (Å²) in [7, 11) is 0. The van der Waals surface area contributed by atoms with Gasteiger partial charge in [-0.05, 0) is 48.0 Å². The molecule has 0 unspecified atom stereocenters. The molecule has 0 fully saturated rings. The first kappa shape index (κ1) is 20.1. The number of amides is 2. The maximum atomic E-state index is 12.2. The highest BCUT2D eigenvalue weighted by molar-refractivity contribution is 6.30. The van der Waals surface area contributed by atoms with Crippen molar-refractivity contribution in [1.29, 1.82) is 0 Å². The van der Waals surface area contributed by atoms with E-state index in [1.165, 1.54) is 17.8 Å². The third kappa shape index (κ3) is 5.65. The van der Waals surface area contributed by atoms with Crippen molar-refractivity contribution in [1.82, 2.24) is 10.9 Å². The lowest BCUT2D eigenvalue weighted by Crippen LogP contribution is -2.17. The molecule has 8 heteroatoms. The minimum atomic E-state index is -0.667. The van der Waals surface area contributed by atoms with E-state index >= 15 is 0 Å². The molecule has 146 valence electrons. The molecule has 7 nitrogen and oxygen atoms in total. The van der Waals surface area contributed by atoms with Crippen molar-refractivity contribution in [2.45, 2.75) is 0 Å². The molecular weight excluding hydrogens is 394 g/mol. The van der Waals surface area contributed by atoms with E-state index in [0.29, 0.717) is 27.7 Å². The van der Waals surface area contributed by atoms with Gasteiger partial charge in [0.1, 0.15) is 11.5 Å². The van der Waals surface area contributed by atoms with Gasteiger partial charge in [0, 0.05) is 22.2 Å². The van der Waals surface area contributed by atoms with E-state index < -0.39 is 11.8 Å². The number of halogens is 1. The first-order valence-corrected chi connectivity index (χ1v) is 8.84. The fourth-order valence-electron chi connectivity index (χ4n) is 2.43. The van der Waals surface area contributed by atoms with Crippen molar-refractivity contribution in [3.63, 3.8) is 0 Å². The fraction of sp³-hybridized carbons (Fsp3) is 0. The number of carbonyl (C=O) groups is 2. The van der Waals surface area contributed by atoms with Crippen LogP contribution in [0, 0.1) is 0 Å². The Balaban J connectivity index is 1.63. The lowest BCUT2D eigenvalue weighted by atomic mass is 10.1. The van der Waals surface area contributed by atoms with Crippen molar-refractivity contribution in [3.8, 4) is 11.3 Å². The Hall–Kier alpha value is -3.68. The smallest absolute Gasteiger partial charge is 0.271 e. The molecule has 0 saturated heterocycles. The number of benzene rings is 2. The Labute approximate surface area is 171 Å². The minimum Gasteiger partial charge on any atom is -0.455 e. The standard InChI is InChI=1S/C21H16ClN3O4/c22-17-6-2-4-15(12-17)19-9-8-18(29-19)13-23-24-21(27)16-5-1-3-14(11-16)7-10-20(26)25-28/h1-13,28H,(H,24,27)(H,25,26). The molecule has 0 aliphatic heterocycles. The normalized spacial score (nSPS) is 11.1. The Bertz CT molecular complexity index is 1090. The van der Waals surface area contributed by atoms with Gasteiger partial charge in [0.05, 0.1) is 6.21 Å². The maximum absolute atomic E-state index is 12.2. The molecule has 0 bridgehead atoms. The summed E-state index contributed by atoms with van der Waals surface area (Å²) < 4.78 is 5.67. The monoisotopic (exact) mass is 409 g/mol. The van der Waals surface area contributed by atoms with E-state index in [1.807, 2.05) is 12.1 Å². The average molecular weight is 410 g/mol. The van der Waals surface area contributed by atoms with Crippen LogP contribution in [-0.2, 0) is 4.79 Å². The average Bonchev–Trinajstić information content (AvgIpc) is 3.21. The molecule has 29 heavy (non-hydrogen) atoms. The number of hydrogen-bond donors (Lipinski definition) is 3. The lowest BCUT2D eigenvalue weighted by Gasteiger charge is -2.01. The lowest BCUT2D eigenvalue weighted by molar-refractivity contribution is -0.124. The van der Waals surface area contributed by atoms with Crippen LogP contribution in [-0.4, -0.2) is 23.2 Å². The van der Waals surface area contributed by atoms with Gasteiger partial charge < -0.3 is 4.42 Å². The van der Waals surface area contributed by atoms with Crippen LogP contribution in [0.2, 0.25) is 5.02 Å². The van der Waals surface area contributed by atoms with E-state index in [0.717, 1.165) is 11.6 Å². The number of furan rings is 1. The van der Waals surface area contributed by atoms with Crippen LogP contribution in [0.25, 0.3) is 17.4 Å². The summed E-state index contributed by atoms with van der Waals surface area (Å²) in [5.74, 6) is 0.00318. The largest absolute Gasteiger partial charge is 0.455 e. The van der Waals surface area contributed by atoms with Crippen LogP contribution in [0.5, 0.6) is 0 Å². The van der Waals surface area contributed by atoms with E-state index in [9.17, 15) is 9.59 Å². The van der Waals surface area contributed by atoms with Gasteiger partial charge in [-0.1, -0.05) is 35.9 Å². The summed E-state index contributed by atoms with van der Waals surface area (Å²) in [4.78, 5) is 23.3. The third-order valence-corrected chi connectivity index (χ3v) is 4.02. The molecule has 1 heterocycles. The van der Waals surface area contributed by atoms with Gasteiger partial charge in [-0.25, -0.2) is 10.9 Å². The molecule has 2 amide bonds. The zero-order valence-electron chi connectivity index (χ0n) is 15.0. The quantitative estimate of drug-likeness (QED) is 0.249. The number of hydroxylamine groups is 1. The molecule has 0 atom stereocenters. The number of carbonyl (C=O) groups excluding carboxylic acids is 2. The molecule has 3 aromatic rings. The van der Waals surface area contributed by atoms with Crippen LogP contribution in [0.3, 0.4) is 0 Å². The summed E-state index contributed by atoms with van der Waals surface area (Å²) >= 11 is 5.98. The Morgan fingerprint density at radius 3 is 2.69 bits per heavy atom. The van der Waals surface area contributed by atoms with Crippen LogP contribution in [0.1, 0.15) is 21.7 Å². The number of hydrazone groups is 1. The van der Waals surface area contributed by atoms with E-state index in [-0.39, 0.29) is 0 Å². The molecule has 0 saturated carbocycles. The molecule has 0 radical (unpaired) electrons.